The van der Waals surface area contributed by atoms with Crippen molar-refractivity contribution < 1.29 is 0 Å². The van der Waals surface area contributed by atoms with E-state index in [-0.39, 0.29) is 0 Å². The molecule has 1 aromatic carbocycles. The Kier molecular flexibility index (Phi) is 1.18. The minimum absolute atomic E-state index is 0.740. The molecule has 0 fully saturated rings. The number of nitrogens with two attached hydrogens (primary N) is 1. The van der Waals surface area contributed by atoms with E-state index in [1.807, 2.05) is 18.2 Å². The zero-order valence-corrected chi connectivity index (χ0v) is 5.96. The van der Waals surface area contributed by atoms with Gasteiger partial charge in [0.05, 0.1) is 5.69 Å². The van der Waals surface area contributed by atoms with E-state index in [2.05, 4.69) is 4.98 Å². The highest BCUT2D eigenvalue weighted by molar-refractivity contribution is 6.33. The number of aromatic nitrogens is 1. The Bertz CT molecular complexity index is 392. The molecule has 3 heteroatoms. The Hall–Kier alpha value is -1.38. The van der Waals surface area contributed by atoms with Gasteiger partial charge >= 0.3 is 0 Å². The van der Waals surface area contributed by atoms with E-state index in [9.17, 15) is 0 Å². The first-order valence-electron chi connectivity index (χ1n) is 3.39. The number of fused-ring (bicyclic) bond motifs is 1. The van der Waals surface area contributed by atoms with Crippen LogP contribution in [0, 0.1) is 0 Å². The highest BCUT2D eigenvalue weighted by Crippen LogP contribution is 2.17. The van der Waals surface area contributed by atoms with E-state index in [0.717, 1.165) is 22.1 Å². The first kappa shape index (κ1) is 6.34. The second kappa shape index (κ2) is 2.05. The molecule has 2 nitrogen and oxygen atoms in total. The van der Waals surface area contributed by atoms with Gasteiger partial charge < -0.3 is 10.7 Å². The van der Waals surface area contributed by atoms with E-state index in [0.29, 0.717) is 0 Å². The first-order valence-corrected chi connectivity index (χ1v) is 3.39. The maximum absolute atomic E-state index is 5.66. The highest BCUT2D eigenvalue weighted by atomic mass is 14.7. The minimum Gasteiger partial charge on any atom is -0.397 e. The van der Waals surface area contributed by atoms with Gasteiger partial charge in [-0.2, -0.15) is 0 Å². The lowest BCUT2D eigenvalue weighted by Gasteiger charge is -1.93. The van der Waals surface area contributed by atoms with Crippen LogP contribution in [0.2, 0.25) is 0 Å². The van der Waals surface area contributed by atoms with Crippen LogP contribution in [0.3, 0.4) is 0 Å². The number of anilines is 1. The minimum atomic E-state index is 0.740. The predicted octanol–water partition coefficient (Wildman–Crippen LogP) is 0.544. The van der Waals surface area contributed by atoms with Crippen molar-refractivity contribution in [2.45, 2.75) is 0 Å². The molecule has 0 atom stereocenters. The fourth-order valence-electron chi connectivity index (χ4n) is 1.16. The normalized spacial score (nSPS) is 10.5. The summed E-state index contributed by atoms with van der Waals surface area (Å²) in [5.41, 5.74) is 8.17. The molecule has 3 N–H and O–H groups in total. The number of nitrogen functional groups attached to an aromatic ring is 1. The van der Waals surface area contributed by atoms with Crippen LogP contribution in [0.4, 0.5) is 5.69 Å². The van der Waals surface area contributed by atoms with E-state index in [1.54, 1.807) is 6.20 Å². The molecule has 2 aromatic rings. The van der Waals surface area contributed by atoms with Gasteiger partial charge in [0.15, 0.2) is 0 Å². The van der Waals surface area contributed by atoms with Gasteiger partial charge in [-0.1, -0.05) is 17.6 Å². The van der Waals surface area contributed by atoms with Crippen molar-refractivity contribution in [3.63, 3.8) is 0 Å². The average molecular weight is 142 g/mol. The molecule has 1 heterocycles. The van der Waals surface area contributed by atoms with Crippen molar-refractivity contribution in [2.75, 3.05) is 5.73 Å². The summed E-state index contributed by atoms with van der Waals surface area (Å²) in [6.45, 7) is 0. The number of benzene rings is 1. The molecule has 11 heavy (non-hydrogen) atoms. The standard InChI is InChI=1S/C8H7BN2/c9-5-1-2-8-6(3-5)7(10)4-11-8/h1-4,11H,10H2. The summed E-state index contributed by atoms with van der Waals surface area (Å²) in [7, 11) is 5.58. The van der Waals surface area contributed by atoms with Gasteiger partial charge in [0.25, 0.3) is 0 Å². The SMILES string of the molecule is [B]c1ccc2[nH]cc(N)c2c1. The van der Waals surface area contributed by atoms with Crippen LogP contribution < -0.4 is 11.2 Å². The highest BCUT2D eigenvalue weighted by Gasteiger charge is 1.97. The molecular formula is C8H7BN2. The van der Waals surface area contributed by atoms with E-state index < -0.39 is 0 Å². The molecular weight excluding hydrogens is 135 g/mol. The maximum atomic E-state index is 5.66. The Morgan fingerprint density at radius 3 is 3.00 bits per heavy atom. The number of nitrogens with one attached hydrogen (secondary N) is 1. The molecule has 0 unspecified atom stereocenters. The number of aromatic amines is 1. The van der Waals surface area contributed by atoms with Crippen LogP contribution in [0.25, 0.3) is 10.9 Å². The topological polar surface area (TPSA) is 41.8 Å². The summed E-state index contributed by atoms with van der Waals surface area (Å²) in [5.74, 6) is 0. The third kappa shape index (κ3) is 0.890. The lowest BCUT2D eigenvalue weighted by molar-refractivity contribution is 1.48. The maximum Gasteiger partial charge on any atom is 0.113 e. The fourth-order valence-corrected chi connectivity index (χ4v) is 1.16. The second-order valence-corrected chi connectivity index (χ2v) is 2.55. The lowest BCUT2D eigenvalue weighted by atomic mass is 9.95. The van der Waals surface area contributed by atoms with Gasteiger partial charge in [0.2, 0.25) is 0 Å². The number of hydrogen-bond acceptors (Lipinski definition) is 1. The largest absolute Gasteiger partial charge is 0.397 e. The zero-order chi connectivity index (χ0) is 7.84. The molecule has 0 saturated carbocycles. The van der Waals surface area contributed by atoms with Crippen molar-refractivity contribution in [3.05, 3.63) is 24.4 Å². The Morgan fingerprint density at radius 2 is 2.18 bits per heavy atom. The molecule has 0 spiro atoms. The van der Waals surface area contributed by atoms with Gasteiger partial charge in [-0.05, 0) is 6.07 Å². The Labute approximate surface area is 65.8 Å². The van der Waals surface area contributed by atoms with E-state index in [1.165, 1.54) is 0 Å². The second-order valence-electron chi connectivity index (χ2n) is 2.55. The molecule has 2 rings (SSSR count). The predicted molar refractivity (Wildman–Crippen MR) is 48.1 cm³/mol. The van der Waals surface area contributed by atoms with E-state index in [4.69, 9.17) is 13.6 Å². The monoisotopic (exact) mass is 142 g/mol. The van der Waals surface area contributed by atoms with Crippen LogP contribution in [-0.4, -0.2) is 12.8 Å². The molecule has 0 aliphatic rings. The van der Waals surface area contributed by atoms with Gasteiger partial charge in [-0.15, -0.1) is 0 Å². The average Bonchev–Trinajstić information content (AvgIpc) is 2.33. The third-order valence-electron chi connectivity index (χ3n) is 1.74. The van der Waals surface area contributed by atoms with Gasteiger partial charge in [-0.3, -0.25) is 0 Å². The van der Waals surface area contributed by atoms with E-state index >= 15 is 0 Å². The third-order valence-corrected chi connectivity index (χ3v) is 1.74. The lowest BCUT2D eigenvalue weighted by Crippen LogP contribution is -1.99. The molecule has 2 radical (unpaired) electrons. The molecule has 0 aliphatic carbocycles. The number of rotatable bonds is 0. The number of hydrogen-bond donors (Lipinski definition) is 2. The van der Waals surface area contributed by atoms with Crippen molar-refractivity contribution in [1.29, 1.82) is 0 Å². The summed E-state index contributed by atoms with van der Waals surface area (Å²) in [5, 5.41) is 0.991. The van der Waals surface area contributed by atoms with Crippen LogP contribution in [-0.2, 0) is 0 Å². The quantitative estimate of drug-likeness (QED) is 0.518. The zero-order valence-electron chi connectivity index (χ0n) is 5.96. The van der Waals surface area contributed by atoms with Gasteiger partial charge in [0.1, 0.15) is 7.85 Å². The van der Waals surface area contributed by atoms with Crippen LogP contribution in [0.1, 0.15) is 0 Å². The van der Waals surface area contributed by atoms with Crippen molar-refractivity contribution in [1.82, 2.24) is 4.98 Å². The summed E-state index contributed by atoms with van der Waals surface area (Å²) in [6.07, 6.45) is 1.77. The summed E-state index contributed by atoms with van der Waals surface area (Å²) in [6, 6.07) is 5.63. The fraction of sp³-hybridized carbons (Fsp3) is 0. The first-order chi connectivity index (χ1) is 5.27. The Morgan fingerprint density at radius 1 is 1.36 bits per heavy atom. The van der Waals surface area contributed by atoms with Gasteiger partial charge in [-0.25, -0.2) is 0 Å². The Balaban J connectivity index is 2.87. The summed E-state index contributed by atoms with van der Waals surface area (Å²) < 4.78 is 0. The molecule has 0 bridgehead atoms. The van der Waals surface area contributed by atoms with Crippen molar-refractivity contribution in [2.24, 2.45) is 0 Å². The molecule has 52 valence electrons. The molecule has 1 aromatic heterocycles. The van der Waals surface area contributed by atoms with Crippen LogP contribution in [0.15, 0.2) is 24.4 Å². The van der Waals surface area contributed by atoms with Crippen LogP contribution >= 0.6 is 0 Å². The van der Waals surface area contributed by atoms with Crippen molar-refractivity contribution >= 4 is 29.9 Å². The smallest absolute Gasteiger partial charge is 0.113 e. The molecule has 0 saturated heterocycles. The summed E-state index contributed by atoms with van der Waals surface area (Å²) in [4.78, 5) is 3.03. The van der Waals surface area contributed by atoms with Crippen LogP contribution in [0.5, 0.6) is 0 Å². The van der Waals surface area contributed by atoms with Gasteiger partial charge in [0, 0.05) is 17.1 Å². The number of H-pyrrole nitrogens is 1. The van der Waals surface area contributed by atoms with Crippen molar-refractivity contribution in [3.8, 4) is 0 Å². The molecule has 0 aliphatic heterocycles. The molecule has 0 amide bonds. The summed E-state index contributed by atoms with van der Waals surface area (Å²) >= 11 is 0.